The lowest BCUT2D eigenvalue weighted by molar-refractivity contribution is 0.235. The number of rotatable bonds is 6. The maximum atomic E-state index is 4.94. The predicted octanol–water partition coefficient (Wildman–Crippen LogP) is 5.24. The van der Waals surface area contributed by atoms with Gasteiger partial charge in [-0.25, -0.2) is 15.0 Å². The number of nitrogens with zero attached hydrogens (tertiary/aromatic N) is 5. The zero-order valence-electron chi connectivity index (χ0n) is 18.1. The van der Waals surface area contributed by atoms with Crippen LogP contribution in [0.5, 0.6) is 0 Å². The second kappa shape index (κ2) is 8.47. The number of imidazole rings is 1. The monoisotopic (exact) mass is 412 g/mol. The number of aryl methyl sites for hydroxylation is 2. The van der Waals surface area contributed by atoms with Crippen LogP contribution in [0.2, 0.25) is 0 Å². The number of benzene rings is 1. The molecule has 5 rings (SSSR count). The van der Waals surface area contributed by atoms with Crippen LogP contribution in [0.25, 0.3) is 11.0 Å². The molecular weight excluding hydrogens is 384 g/mol. The average Bonchev–Trinajstić information content (AvgIpc) is 3.38. The highest BCUT2D eigenvalue weighted by Crippen LogP contribution is 2.33. The number of fused-ring (bicyclic) bond motifs is 1. The third-order valence-electron chi connectivity index (χ3n) is 6.01. The van der Waals surface area contributed by atoms with E-state index in [1.807, 2.05) is 31.2 Å². The lowest BCUT2D eigenvalue weighted by Crippen LogP contribution is -2.25. The molecule has 3 aromatic heterocycles. The predicted molar refractivity (Wildman–Crippen MR) is 124 cm³/mol. The standard InChI is InChI=1S/C25H28N6/c1-3-31-22-12-5-4-10-20(22)28-25(31)17-30-16-8-13-21(30)19-11-7-15-24(27-19)29-23-14-6-9-18(2)26-23/h4-7,9-12,14-15,21H,3,8,13,16-17H2,1-2H3,(H,26,27,29). The fraction of sp³-hybridized carbons (Fsp3) is 0.320. The molecule has 1 N–H and O–H groups in total. The molecule has 1 atom stereocenters. The summed E-state index contributed by atoms with van der Waals surface area (Å²) in [5, 5.41) is 3.35. The highest BCUT2D eigenvalue weighted by atomic mass is 15.2. The highest BCUT2D eigenvalue weighted by molar-refractivity contribution is 5.75. The van der Waals surface area contributed by atoms with Crippen LogP contribution < -0.4 is 5.32 Å². The summed E-state index contributed by atoms with van der Waals surface area (Å²) in [6.07, 6.45) is 2.29. The van der Waals surface area contributed by atoms with Crippen LogP contribution in [0.1, 0.15) is 43.0 Å². The van der Waals surface area contributed by atoms with E-state index in [1.165, 1.54) is 11.9 Å². The molecule has 0 aliphatic carbocycles. The summed E-state index contributed by atoms with van der Waals surface area (Å²) in [7, 11) is 0. The molecule has 1 aliphatic rings. The molecule has 1 saturated heterocycles. The Labute approximate surface area is 183 Å². The van der Waals surface area contributed by atoms with Gasteiger partial charge in [0.2, 0.25) is 0 Å². The molecule has 6 nitrogen and oxygen atoms in total. The maximum Gasteiger partial charge on any atom is 0.131 e. The topological polar surface area (TPSA) is 58.9 Å². The van der Waals surface area contributed by atoms with Crippen LogP contribution >= 0.6 is 0 Å². The minimum Gasteiger partial charge on any atom is -0.327 e. The van der Waals surface area contributed by atoms with Gasteiger partial charge in [0.05, 0.1) is 29.3 Å². The Morgan fingerprint density at radius 3 is 2.58 bits per heavy atom. The van der Waals surface area contributed by atoms with Gasteiger partial charge >= 0.3 is 0 Å². The van der Waals surface area contributed by atoms with Gasteiger partial charge in [0, 0.05) is 12.2 Å². The van der Waals surface area contributed by atoms with E-state index in [4.69, 9.17) is 9.97 Å². The Kier molecular flexibility index (Phi) is 5.38. The summed E-state index contributed by atoms with van der Waals surface area (Å²) in [5.41, 5.74) is 4.38. The first-order valence-corrected chi connectivity index (χ1v) is 11.1. The van der Waals surface area contributed by atoms with Crippen LogP contribution in [0.3, 0.4) is 0 Å². The van der Waals surface area contributed by atoms with Crippen molar-refractivity contribution in [2.45, 2.75) is 45.8 Å². The number of para-hydroxylation sites is 2. The van der Waals surface area contributed by atoms with Gasteiger partial charge in [0.25, 0.3) is 0 Å². The van der Waals surface area contributed by atoms with Gasteiger partial charge in [-0.05, 0) is 69.6 Å². The molecule has 0 saturated carbocycles. The smallest absolute Gasteiger partial charge is 0.131 e. The number of nitrogens with one attached hydrogen (secondary N) is 1. The van der Waals surface area contributed by atoms with E-state index in [0.29, 0.717) is 6.04 Å². The Morgan fingerprint density at radius 1 is 0.935 bits per heavy atom. The lowest BCUT2D eigenvalue weighted by Gasteiger charge is -2.24. The van der Waals surface area contributed by atoms with Crippen molar-refractivity contribution in [3.63, 3.8) is 0 Å². The second-order valence-electron chi connectivity index (χ2n) is 8.13. The summed E-state index contributed by atoms with van der Waals surface area (Å²) in [6, 6.07) is 20.9. The Bertz CT molecular complexity index is 1200. The summed E-state index contributed by atoms with van der Waals surface area (Å²) < 4.78 is 2.33. The van der Waals surface area contributed by atoms with Crippen LogP contribution in [-0.2, 0) is 13.1 Å². The minimum atomic E-state index is 0.303. The Morgan fingerprint density at radius 2 is 1.74 bits per heavy atom. The molecule has 0 amide bonds. The summed E-state index contributed by atoms with van der Waals surface area (Å²) in [4.78, 5) is 16.9. The molecular formula is C25H28N6. The van der Waals surface area contributed by atoms with E-state index < -0.39 is 0 Å². The van der Waals surface area contributed by atoms with E-state index in [9.17, 15) is 0 Å². The van der Waals surface area contributed by atoms with Gasteiger partial charge in [-0.15, -0.1) is 0 Å². The largest absolute Gasteiger partial charge is 0.327 e. The van der Waals surface area contributed by atoms with E-state index in [0.717, 1.165) is 60.4 Å². The molecule has 0 radical (unpaired) electrons. The fourth-order valence-corrected chi connectivity index (χ4v) is 4.58. The van der Waals surface area contributed by atoms with Crippen molar-refractivity contribution in [3.8, 4) is 0 Å². The third-order valence-corrected chi connectivity index (χ3v) is 6.01. The SMILES string of the molecule is CCn1c(CN2CCCC2c2cccc(Nc3cccc(C)n3)n2)nc2ccccc21. The number of pyridine rings is 2. The van der Waals surface area contributed by atoms with Gasteiger partial charge in [-0.3, -0.25) is 4.90 Å². The normalized spacial score (nSPS) is 16.8. The molecule has 31 heavy (non-hydrogen) atoms. The quantitative estimate of drug-likeness (QED) is 0.470. The van der Waals surface area contributed by atoms with E-state index >= 15 is 0 Å². The lowest BCUT2D eigenvalue weighted by atomic mass is 10.1. The molecule has 1 aliphatic heterocycles. The van der Waals surface area contributed by atoms with Gasteiger partial charge in [-0.2, -0.15) is 0 Å². The second-order valence-corrected chi connectivity index (χ2v) is 8.13. The molecule has 4 heterocycles. The summed E-state index contributed by atoms with van der Waals surface area (Å²) in [6.45, 7) is 7.02. The van der Waals surface area contributed by atoms with Crippen molar-refractivity contribution in [1.82, 2.24) is 24.4 Å². The highest BCUT2D eigenvalue weighted by Gasteiger charge is 2.28. The minimum absolute atomic E-state index is 0.303. The van der Waals surface area contributed by atoms with Crippen molar-refractivity contribution in [3.05, 3.63) is 77.9 Å². The molecule has 1 fully saturated rings. The first kappa shape index (κ1) is 19.7. The fourth-order valence-electron chi connectivity index (χ4n) is 4.58. The van der Waals surface area contributed by atoms with Crippen molar-refractivity contribution in [1.29, 1.82) is 0 Å². The molecule has 6 heteroatoms. The first-order valence-electron chi connectivity index (χ1n) is 11.1. The number of likely N-dealkylation sites (tertiary alicyclic amines) is 1. The molecule has 158 valence electrons. The van der Waals surface area contributed by atoms with E-state index in [1.54, 1.807) is 0 Å². The zero-order chi connectivity index (χ0) is 21.2. The number of anilines is 2. The van der Waals surface area contributed by atoms with Crippen LogP contribution in [0.4, 0.5) is 11.6 Å². The van der Waals surface area contributed by atoms with E-state index in [-0.39, 0.29) is 0 Å². The van der Waals surface area contributed by atoms with Gasteiger partial charge in [0.15, 0.2) is 0 Å². The maximum absolute atomic E-state index is 4.94. The van der Waals surface area contributed by atoms with Crippen LogP contribution in [0.15, 0.2) is 60.7 Å². The summed E-state index contributed by atoms with van der Waals surface area (Å²) >= 11 is 0. The van der Waals surface area contributed by atoms with Crippen molar-refractivity contribution >= 4 is 22.7 Å². The van der Waals surface area contributed by atoms with Crippen LogP contribution in [0, 0.1) is 6.92 Å². The number of aromatic nitrogens is 4. The van der Waals surface area contributed by atoms with Crippen molar-refractivity contribution in [2.24, 2.45) is 0 Å². The molecule has 1 aromatic carbocycles. The molecule has 0 spiro atoms. The molecule has 1 unspecified atom stereocenters. The first-order chi connectivity index (χ1) is 15.2. The zero-order valence-corrected chi connectivity index (χ0v) is 18.1. The van der Waals surface area contributed by atoms with E-state index in [2.05, 4.69) is 63.1 Å². The Hall–Kier alpha value is -3.25. The summed E-state index contributed by atoms with van der Waals surface area (Å²) in [5.74, 6) is 2.79. The molecule has 0 bridgehead atoms. The molecule has 4 aromatic rings. The Balaban J connectivity index is 1.38. The van der Waals surface area contributed by atoms with Crippen molar-refractivity contribution in [2.75, 3.05) is 11.9 Å². The number of hydrogen-bond donors (Lipinski definition) is 1. The average molecular weight is 413 g/mol. The van der Waals surface area contributed by atoms with Gasteiger partial charge in [0.1, 0.15) is 17.5 Å². The van der Waals surface area contributed by atoms with Crippen LogP contribution in [-0.4, -0.2) is 31.0 Å². The third kappa shape index (κ3) is 4.03. The van der Waals surface area contributed by atoms with Gasteiger partial charge in [-0.1, -0.05) is 24.3 Å². The van der Waals surface area contributed by atoms with Gasteiger partial charge < -0.3 is 9.88 Å². The number of hydrogen-bond acceptors (Lipinski definition) is 5. The van der Waals surface area contributed by atoms with Crippen molar-refractivity contribution < 1.29 is 0 Å².